The number of fused-ring (bicyclic) bond motifs is 2. The van der Waals surface area contributed by atoms with E-state index < -0.39 is 0 Å². The van der Waals surface area contributed by atoms with Crippen molar-refractivity contribution in [3.05, 3.63) is 81.8 Å². The van der Waals surface area contributed by atoms with E-state index in [2.05, 4.69) is 79.6 Å². The first-order valence-corrected chi connectivity index (χ1v) is 21.2. The molecule has 3 aromatic rings. The van der Waals surface area contributed by atoms with Gasteiger partial charge in [-0.25, -0.2) is 0 Å². The number of ether oxygens (including phenoxy) is 8. The summed E-state index contributed by atoms with van der Waals surface area (Å²) < 4.78 is 46.6. The number of benzene rings is 2. The molecule has 0 aliphatic heterocycles. The van der Waals surface area contributed by atoms with Crippen molar-refractivity contribution in [2.75, 3.05) is 112 Å². The van der Waals surface area contributed by atoms with Crippen LogP contribution in [-0.4, -0.2) is 122 Å². The lowest BCUT2D eigenvalue weighted by Gasteiger charge is -2.12. The number of rotatable bonds is 23. The molecule has 296 valence electrons. The van der Waals surface area contributed by atoms with E-state index in [1.807, 2.05) is 48.5 Å². The molecule has 0 saturated heterocycles. The monoisotopic (exact) mass is 1060 g/mol. The van der Waals surface area contributed by atoms with Gasteiger partial charge in [0.25, 0.3) is 5.56 Å². The molecule has 1 aromatic heterocycles. The highest BCUT2D eigenvalue weighted by atomic mass is 79.9. The SMILES string of the molecule is COCCOCCOCCOCCBr.COCCOCCOCCOCCn1c(=O)c(Br)cc2cc(Br)ccc21.O=C1Cc2ccc(Br)cc2C=C1Br. The Kier molecular flexibility index (Phi) is 27.6. The van der Waals surface area contributed by atoms with Gasteiger partial charge in [-0.1, -0.05) is 53.9 Å². The largest absolute Gasteiger partial charge is 0.382 e. The third-order valence-electron chi connectivity index (χ3n) is 7.05. The van der Waals surface area contributed by atoms with Crippen molar-refractivity contribution in [1.29, 1.82) is 0 Å². The smallest absolute Gasteiger partial charge is 0.265 e. The Morgan fingerprint density at radius 3 is 1.64 bits per heavy atom. The second-order valence-electron chi connectivity index (χ2n) is 10.9. The molecule has 0 spiro atoms. The van der Waals surface area contributed by atoms with Crippen molar-refractivity contribution in [3.8, 4) is 0 Å². The summed E-state index contributed by atoms with van der Waals surface area (Å²) in [5.41, 5.74) is 3.03. The number of alkyl halides is 1. The number of hydrogen-bond acceptors (Lipinski definition) is 10. The van der Waals surface area contributed by atoms with E-state index in [9.17, 15) is 9.59 Å². The highest BCUT2D eigenvalue weighted by Crippen LogP contribution is 2.27. The number of allylic oxidation sites excluding steroid dienone is 1. The molecule has 2 aromatic carbocycles. The zero-order valence-electron chi connectivity index (χ0n) is 30.1. The van der Waals surface area contributed by atoms with Gasteiger partial charge in [-0.2, -0.15) is 0 Å². The molecule has 1 heterocycles. The fourth-order valence-corrected chi connectivity index (χ4v) is 6.29. The minimum atomic E-state index is -0.0621. The first-order valence-electron chi connectivity index (χ1n) is 16.9. The van der Waals surface area contributed by atoms with Gasteiger partial charge in [-0.15, -0.1) is 0 Å². The summed E-state index contributed by atoms with van der Waals surface area (Å²) in [4.78, 5) is 23.7. The van der Waals surface area contributed by atoms with Crippen LogP contribution < -0.4 is 5.56 Å². The molecule has 0 radical (unpaired) electrons. The number of ketones is 1. The number of aromatic nitrogens is 1. The van der Waals surface area contributed by atoms with Gasteiger partial charge in [0, 0.05) is 46.8 Å². The number of halogens is 5. The van der Waals surface area contributed by atoms with Crippen molar-refractivity contribution in [2.24, 2.45) is 0 Å². The Bertz CT molecular complexity index is 1560. The molecular weight excluding hydrogens is 1020 g/mol. The normalized spacial score (nSPS) is 12.1. The molecule has 0 bridgehead atoms. The second kappa shape index (κ2) is 30.3. The third kappa shape index (κ3) is 20.8. The molecule has 16 heteroatoms. The van der Waals surface area contributed by atoms with Crippen LogP contribution in [0, 0.1) is 0 Å². The number of pyridine rings is 1. The molecule has 11 nitrogen and oxygen atoms in total. The van der Waals surface area contributed by atoms with Crippen LogP contribution in [0.25, 0.3) is 17.0 Å². The lowest BCUT2D eigenvalue weighted by Crippen LogP contribution is -2.23. The average Bonchev–Trinajstić information content (AvgIpc) is 3.14. The van der Waals surface area contributed by atoms with Crippen LogP contribution in [0.5, 0.6) is 0 Å². The summed E-state index contributed by atoms with van der Waals surface area (Å²) in [5.74, 6) is 0.148. The van der Waals surface area contributed by atoms with Crippen LogP contribution in [0.3, 0.4) is 0 Å². The number of carbonyl (C=O) groups excluding carboxylic acids is 1. The van der Waals surface area contributed by atoms with Crippen molar-refractivity contribution < 1.29 is 42.7 Å². The van der Waals surface area contributed by atoms with E-state index in [0.717, 1.165) is 42.9 Å². The molecule has 1 aliphatic carbocycles. The van der Waals surface area contributed by atoms with Gasteiger partial charge in [0.05, 0.1) is 107 Å². The zero-order chi connectivity index (χ0) is 38.7. The molecule has 0 amide bonds. The van der Waals surface area contributed by atoms with Gasteiger partial charge in [0.15, 0.2) is 5.78 Å². The maximum atomic E-state index is 12.4. The van der Waals surface area contributed by atoms with Crippen LogP contribution >= 0.6 is 79.6 Å². The van der Waals surface area contributed by atoms with Crippen molar-refractivity contribution in [3.63, 3.8) is 0 Å². The molecular formula is C37H48Br5NO10. The maximum absolute atomic E-state index is 12.4. The van der Waals surface area contributed by atoms with Gasteiger partial charge in [0.2, 0.25) is 0 Å². The molecule has 1 aliphatic rings. The minimum absolute atomic E-state index is 0.0621. The number of methoxy groups -OCH3 is 2. The van der Waals surface area contributed by atoms with Crippen LogP contribution in [-0.2, 0) is 55.7 Å². The van der Waals surface area contributed by atoms with Crippen LogP contribution in [0.15, 0.2) is 65.2 Å². The Labute approximate surface area is 354 Å². The van der Waals surface area contributed by atoms with Gasteiger partial charge >= 0.3 is 0 Å². The fraction of sp³-hybridized carbons (Fsp3) is 0.514. The van der Waals surface area contributed by atoms with Crippen LogP contribution in [0.1, 0.15) is 11.1 Å². The quantitative estimate of drug-likeness (QED) is 0.0696. The van der Waals surface area contributed by atoms with Crippen LogP contribution in [0.4, 0.5) is 0 Å². The highest BCUT2D eigenvalue weighted by molar-refractivity contribution is 9.12. The molecule has 4 rings (SSSR count). The number of carbonyl (C=O) groups is 1. The van der Waals surface area contributed by atoms with E-state index in [0.29, 0.717) is 108 Å². The Hall–Kier alpha value is -0.860. The maximum Gasteiger partial charge on any atom is 0.265 e. The molecule has 53 heavy (non-hydrogen) atoms. The second-order valence-corrected chi connectivity index (χ2v) is 15.3. The van der Waals surface area contributed by atoms with E-state index in [-0.39, 0.29) is 11.3 Å². The van der Waals surface area contributed by atoms with Gasteiger partial charge in [-0.3, -0.25) is 9.59 Å². The van der Waals surface area contributed by atoms with Gasteiger partial charge in [-0.05, 0) is 85.5 Å². The summed E-state index contributed by atoms with van der Waals surface area (Å²) in [6.45, 7) is 8.60. The highest BCUT2D eigenvalue weighted by Gasteiger charge is 2.16. The number of Topliss-reactive ketones (excluding diaryl/α,β-unsaturated/α-hetero) is 1. The summed E-state index contributed by atoms with van der Waals surface area (Å²) >= 11 is 16.7. The average molecular weight is 1070 g/mol. The topological polar surface area (TPSA) is 113 Å². The Morgan fingerprint density at radius 2 is 1.09 bits per heavy atom. The van der Waals surface area contributed by atoms with Gasteiger partial charge < -0.3 is 42.5 Å². The molecule has 0 atom stereocenters. The van der Waals surface area contributed by atoms with E-state index >= 15 is 0 Å². The van der Waals surface area contributed by atoms with E-state index in [1.54, 1.807) is 18.8 Å². The van der Waals surface area contributed by atoms with E-state index in [4.69, 9.17) is 37.9 Å². The lowest BCUT2D eigenvalue weighted by molar-refractivity contribution is -0.114. The lowest BCUT2D eigenvalue weighted by atomic mass is 9.97. The summed E-state index contributed by atoms with van der Waals surface area (Å²) in [7, 11) is 3.29. The minimum Gasteiger partial charge on any atom is -0.382 e. The third-order valence-corrected chi connectivity index (χ3v) is 9.60. The van der Waals surface area contributed by atoms with Crippen molar-refractivity contribution in [1.82, 2.24) is 4.57 Å². The predicted molar refractivity (Wildman–Crippen MR) is 226 cm³/mol. The molecule has 0 saturated carbocycles. The molecule has 0 N–H and O–H groups in total. The summed E-state index contributed by atoms with van der Waals surface area (Å²) in [6.07, 6.45) is 2.37. The van der Waals surface area contributed by atoms with Crippen LogP contribution in [0.2, 0.25) is 0 Å². The van der Waals surface area contributed by atoms with Crippen molar-refractivity contribution in [2.45, 2.75) is 13.0 Å². The van der Waals surface area contributed by atoms with E-state index in [1.165, 1.54) is 0 Å². The summed E-state index contributed by atoms with van der Waals surface area (Å²) in [5, 5.41) is 1.86. The number of hydrogen-bond donors (Lipinski definition) is 0. The fourth-order valence-electron chi connectivity index (χ4n) is 4.46. The Balaban J connectivity index is 0.000000303. The van der Waals surface area contributed by atoms with Crippen molar-refractivity contribution >= 4 is 102 Å². The van der Waals surface area contributed by atoms with Gasteiger partial charge in [0.1, 0.15) is 0 Å². The molecule has 0 fully saturated rings. The first kappa shape index (κ1) is 48.3. The Morgan fingerprint density at radius 1 is 0.604 bits per heavy atom. The zero-order valence-corrected chi connectivity index (χ0v) is 38.0. The number of nitrogens with zero attached hydrogens (tertiary/aromatic N) is 1. The summed E-state index contributed by atoms with van der Waals surface area (Å²) in [6, 6.07) is 13.6. The first-order chi connectivity index (χ1) is 25.7. The standard InChI is InChI=1S/C18H23Br2NO5.C10H6Br2O.C9H19BrO4/c1-23-6-7-25-10-11-26-9-8-24-5-4-21-17-3-2-15(19)12-14(17)13-16(20)18(21)22;11-8-2-1-6-5-10(13)9(12)4-7(6)3-8;1-11-4-5-13-8-9-14-7-6-12-3-2-10/h2-3,12-13H,4-11H2,1H3;1-4H,5H2;2-9H2,1H3. The predicted octanol–water partition coefficient (Wildman–Crippen LogP) is 7.61. The molecule has 0 unspecified atom stereocenters.